The summed E-state index contributed by atoms with van der Waals surface area (Å²) in [5, 5.41) is 3.51. The first kappa shape index (κ1) is 15.1. The van der Waals surface area contributed by atoms with E-state index >= 15 is 0 Å². The molecule has 0 radical (unpaired) electrons. The lowest BCUT2D eigenvalue weighted by Crippen LogP contribution is -2.43. The van der Waals surface area contributed by atoms with E-state index in [2.05, 4.69) is 40.3 Å². The molecule has 0 spiro atoms. The van der Waals surface area contributed by atoms with Crippen LogP contribution in [-0.4, -0.2) is 17.4 Å². The first-order chi connectivity index (χ1) is 10.7. The van der Waals surface area contributed by atoms with Crippen LogP contribution in [-0.2, 0) is 0 Å². The summed E-state index contributed by atoms with van der Waals surface area (Å²) in [6.45, 7) is 2.90. The molecule has 1 aliphatic rings. The molecule has 0 saturated heterocycles. The van der Waals surface area contributed by atoms with Gasteiger partial charge in [0.05, 0.1) is 5.56 Å². The molecular formula is C18H19BrN2O. The maximum Gasteiger partial charge on any atom is 0.257 e. The van der Waals surface area contributed by atoms with Gasteiger partial charge in [0.2, 0.25) is 0 Å². The van der Waals surface area contributed by atoms with Gasteiger partial charge in [-0.2, -0.15) is 0 Å². The predicted molar refractivity (Wildman–Crippen MR) is 92.9 cm³/mol. The molecule has 0 saturated carbocycles. The number of halogens is 1. The van der Waals surface area contributed by atoms with Crippen LogP contribution in [0.25, 0.3) is 0 Å². The summed E-state index contributed by atoms with van der Waals surface area (Å²) in [5.41, 5.74) is 2.77. The highest BCUT2D eigenvalue weighted by Crippen LogP contribution is 2.33. The molecule has 1 N–H and O–H groups in total. The molecular weight excluding hydrogens is 340 g/mol. The molecule has 22 heavy (non-hydrogen) atoms. The van der Waals surface area contributed by atoms with Gasteiger partial charge in [0, 0.05) is 16.7 Å². The molecule has 3 rings (SSSR count). The number of amides is 1. The lowest BCUT2D eigenvalue weighted by molar-refractivity contribution is 0.0680. The van der Waals surface area contributed by atoms with Crippen LogP contribution in [0.4, 0.5) is 5.69 Å². The number of unbranched alkanes of at least 4 members (excludes halogenated alkanes) is 1. The van der Waals surface area contributed by atoms with Crippen molar-refractivity contribution in [1.82, 2.24) is 4.90 Å². The van der Waals surface area contributed by atoms with Crippen LogP contribution < -0.4 is 5.32 Å². The van der Waals surface area contributed by atoms with Gasteiger partial charge in [-0.25, -0.2) is 0 Å². The second-order valence-corrected chi connectivity index (χ2v) is 6.41. The van der Waals surface area contributed by atoms with Crippen LogP contribution >= 0.6 is 15.9 Å². The molecule has 0 aromatic heterocycles. The maximum atomic E-state index is 12.8. The summed E-state index contributed by atoms with van der Waals surface area (Å²) in [6.07, 6.45) is 1.96. The maximum absolute atomic E-state index is 12.8. The third-order valence-electron chi connectivity index (χ3n) is 3.96. The fourth-order valence-electron chi connectivity index (χ4n) is 2.76. The number of hydrogen-bond acceptors (Lipinski definition) is 2. The Morgan fingerprint density at radius 3 is 2.59 bits per heavy atom. The Labute approximate surface area is 139 Å². The molecule has 2 aromatic carbocycles. The molecule has 2 aromatic rings. The minimum Gasteiger partial charge on any atom is -0.361 e. The molecule has 1 aliphatic heterocycles. The van der Waals surface area contributed by atoms with Gasteiger partial charge in [0.25, 0.3) is 5.91 Å². The molecule has 114 valence electrons. The summed E-state index contributed by atoms with van der Waals surface area (Å²) >= 11 is 3.46. The zero-order valence-corrected chi connectivity index (χ0v) is 14.1. The van der Waals surface area contributed by atoms with Crippen LogP contribution in [0.5, 0.6) is 0 Å². The normalized spacial score (nSPS) is 17.1. The van der Waals surface area contributed by atoms with Crippen molar-refractivity contribution in [2.24, 2.45) is 0 Å². The van der Waals surface area contributed by atoms with E-state index in [4.69, 9.17) is 0 Å². The smallest absolute Gasteiger partial charge is 0.257 e. The summed E-state index contributed by atoms with van der Waals surface area (Å²) in [5.74, 6) is 0.107. The van der Waals surface area contributed by atoms with E-state index in [1.165, 1.54) is 0 Å². The third kappa shape index (κ3) is 2.88. The van der Waals surface area contributed by atoms with Crippen LogP contribution in [0, 0.1) is 0 Å². The van der Waals surface area contributed by atoms with Crippen molar-refractivity contribution < 1.29 is 4.79 Å². The predicted octanol–water partition coefficient (Wildman–Crippen LogP) is 4.82. The third-order valence-corrected chi connectivity index (χ3v) is 4.49. The number of rotatable bonds is 4. The van der Waals surface area contributed by atoms with Crippen molar-refractivity contribution in [3.8, 4) is 0 Å². The molecule has 0 aliphatic carbocycles. The van der Waals surface area contributed by atoms with Gasteiger partial charge in [0.1, 0.15) is 6.17 Å². The van der Waals surface area contributed by atoms with Crippen molar-refractivity contribution in [1.29, 1.82) is 0 Å². The summed E-state index contributed by atoms with van der Waals surface area (Å²) in [7, 11) is 0. The fourth-order valence-corrected chi connectivity index (χ4v) is 3.02. The number of benzene rings is 2. The second kappa shape index (κ2) is 6.53. The Kier molecular flexibility index (Phi) is 4.48. The average Bonchev–Trinajstić information content (AvgIpc) is 2.55. The molecule has 0 fully saturated rings. The van der Waals surface area contributed by atoms with Crippen molar-refractivity contribution in [2.45, 2.75) is 25.9 Å². The fraction of sp³-hybridized carbons (Fsp3) is 0.278. The Balaban J connectivity index is 1.99. The van der Waals surface area contributed by atoms with Crippen LogP contribution in [0.2, 0.25) is 0 Å². The molecule has 1 atom stereocenters. The number of nitrogens with one attached hydrogen (secondary N) is 1. The van der Waals surface area contributed by atoms with Gasteiger partial charge < -0.3 is 10.2 Å². The second-order valence-electron chi connectivity index (χ2n) is 5.50. The van der Waals surface area contributed by atoms with E-state index in [1.807, 2.05) is 41.3 Å². The Morgan fingerprint density at radius 1 is 1.14 bits per heavy atom. The topological polar surface area (TPSA) is 32.3 Å². The van der Waals surface area contributed by atoms with E-state index in [0.29, 0.717) is 0 Å². The van der Waals surface area contributed by atoms with Gasteiger partial charge >= 0.3 is 0 Å². The Bertz CT molecular complexity index is 669. The minimum atomic E-state index is -0.109. The van der Waals surface area contributed by atoms with Crippen molar-refractivity contribution in [2.75, 3.05) is 11.9 Å². The number of carbonyl (C=O) groups is 1. The highest BCUT2D eigenvalue weighted by Gasteiger charge is 2.32. The monoisotopic (exact) mass is 358 g/mol. The number of hydrogen-bond donors (Lipinski definition) is 1. The zero-order chi connectivity index (χ0) is 15.5. The van der Waals surface area contributed by atoms with Gasteiger partial charge in [0.15, 0.2) is 0 Å². The van der Waals surface area contributed by atoms with E-state index in [9.17, 15) is 4.79 Å². The first-order valence-corrected chi connectivity index (χ1v) is 8.42. The zero-order valence-electron chi connectivity index (χ0n) is 12.6. The lowest BCUT2D eigenvalue weighted by Gasteiger charge is -2.38. The van der Waals surface area contributed by atoms with Crippen LogP contribution in [0.1, 0.15) is 41.9 Å². The van der Waals surface area contributed by atoms with E-state index < -0.39 is 0 Å². The van der Waals surface area contributed by atoms with Crippen LogP contribution in [0.3, 0.4) is 0 Å². The summed E-state index contributed by atoms with van der Waals surface area (Å²) in [6, 6.07) is 15.9. The number of fused-ring (bicyclic) bond motifs is 1. The Hall–Kier alpha value is -1.81. The largest absolute Gasteiger partial charge is 0.361 e. The highest BCUT2D eigenvalue weighted by molar-refractivity contribution is 9.10. The highest BCUT2D eigenvalue weighted by atomic mass is 79.9. The molecule has 3 nitrogen and oxygen atoms in total. The van der Waals surface area contributed by atoms with Crippen molar-refractivity contribution in [3.05, 3.63) is 64.1 Å². The minimum absolute atomic E-state index is 0.107. The molecule has 0 bridgehead atoms. The number of nitrogens with zero attached hydrogens (tertiary/aromatic N) is 1. The van der Waals surface area contributed by atoms with E-state index in [0.717, 1.165) is 40.7 Å². The van der Waals surface area contributed by atoms with Gasteiger partial charge in [-0.05, 0) is 36.2 Å². The van der Waals surface area contributed by atoms with Gasteiger partial charge in [-0.15, -0.1) is 0 Å². The lowest BCUT2D eigenvalue weighted by atomic mass is 10.0. The molecule has 4 heteroatoms. The van der Waals surface area contributed by atoms with Gasteiger partial charge in [-0.3, -0.25) is 4.79 Å². The first-order valence-electron chi connectivity index (χ1n) is 7.62. The van der Waals surface area contributed by atoms with E-state index in [1.54, 1.807) is 0 Å². The molecule has 1 heterocycles. The SMILES string of the molecule is CCCCN1C(=O)c2ccccc2NC1c1ccc(Br)cc1. The number of anilines is 1. The molecule has 1 amide bonds. The van der Waals surface area contributed by atoms with Crippen molar-refractivity contribution in [3.63, 3.8) is 0 Å². The standard InChI is InChI=1S/C18H19BrN2O/c1-2-3-12-21-17(13-8-10-14(19)11-9-13)20-16-7-5-4-6-15(16)18(21)22/h4-11,17,20H,2-3,12H2,1H3. The van der Waals surface area contributed by atoms with Gasteiger partial charge in [-0.1, -0.05) is 53.5 Å². The van der Waals surface area contributed by atoms with E-state index in [-0.39, 0.29) is 12.1 Å². The average molecular weight is 359 g/mol. The quantitative estimate of drug-likeness (QED) is 0.849. The number of carbonyl (C=O) groups excluding carboxylic acids is 1. The molecule has 1 unspecified atom stereocenters. The van der Waals surface area contributed by atoms with Crippen molar-refractivity contribution >= 4 is 27.5 Å². The Morgan fingerprint density at radius 2 is 1.86 bits per heavy atom. The summed E-state index contributed by atoms with van der Waals surface area (Å²) in [4.78, 5) is 14.8. The summed E-state index contributed by atoms with van der Waals surface area (Å²) < 4.78 is 1.04. The van der Waals surface area contributed by atoms with Crippen LogP contribution in [0.15, 0.2) is 53.0 Å². The number of para-hydroxylation sites is 1.